The van der Waals surface area contributed by atoms with Crippen LogP contribution in [-0.4, -0.2) is 4.98 Å². The molecule has 1 heterocycles. The number of hydrogen-bond acceptors (Lipinski definition) is 3. The number of hydrogen-bond donors (Lipinski definition) is 2. The van der Waals surface area contributed by atoms with E-state index in [1.165, 1.54) is 0 Å². The van der Waals surface area contributed by atoms with Crippen LogP contribution in [0.1, 0.15) is 5.56 Å². The summed E-state index contributed by atoms with van der Waals surface area (Å²) in [6, 6.07) is 7.50. The van der Waals surface area contributed by atoms with Crippen LogP contribution in [-0.2, 0) is 0 Å². The lowest BCUT2D eigenvalue weighted by Gasteiger charge is -2.12. The molecule has 2 aromatic rings. The summed E-state index contributed by atoms with van der Waals surface area (Å²) >= 11 is 9.44. The number of nitrogen functional groups attached to an aromatic ring is 1. The van der Waals surface area contributed by atoms with Gasteiger partial charge in [0.05, 0.1) is 16.4 Å². The number of nitrogens with two attached hydrogens (primary N) is 1. The van der Waals surface area contributed by atoms with E-state index in [1.807, 2.05) is 25.1 Å². The zero-order valence-electron chi connectivity index (χ0n) is 9.17. The maximum absolute atomic E-state index is 6.12. The Hall–Kier alpha value is -1.26. The molecule has 3 nitrogen and oxygen atoms in total. The van der Waals surface area contributed by atoms with Crippen molar-refractivity contribution in [2.24, 2.45) is 0 Å². The van der Waals surface area contributed by atoms with Crippen LogP contribution >= 0.6 is 27.5 Å². The molecular weight excluding hydrogens is 302 g/mol. The molecule has 0 saturated heterocycles. The molecule has 0 spiro atoms. The molecule has 0 unspecified atom stereocenters. The summed E-state index contributed by atoms with van der Waals surface area (Å²) in [6.45, 7) is 1.98. The van der Waals surface area contributed by atoms with Gasteiger partial charge in [-0.25, -0.2) is 4.98 Å². The van der Waals surface area contributed by atoms with Crippen LogP contribution in [0.15, 0.2) is 34.9 Å². The highest BCUT2D eigenvalue weighted by Gasteiger charge is 2.07. The van der Waals surface area contributed by atoms with Crippen molar-refractivity contribution in [3.05, 3.63) is 45.5 Å². The van der Waals surface area contributed by atoms with Crippen molar-refractivity contribution in [3.8, 4) is 0 Å². The minimum absolute atomic E-state index is 0.568. The van der Waals surface area contributed by atoms with Gasteiger partial charge in [0.15, 0.2) is 5.82 Å². The molecule has 0 amide bonds. The number of halogens is 2. The van der Waals surface area contributed by atoms with Crippen molar-refractivity contribution < 1.29 is 0 Å². The molecule has 3 N–H and O–H groups in total. The minimum Gasteiger partial charge on any atom is -0.396 e. The predicted molar refractivity (Wildman–Crippen MR) is 75.8 cm³/mol. The van der Waals surface area contributed by atoms with Crippen LogP contribution in [0.25, 0.3) is 0 Å². The molecule has 0 saturated carbocycles. The summed E-state index contributed by atoms with van der Waals surface area (Å²) in [6.07, 6.45) is 1.69. The molecule has 17 heavy (non-hydrogen) atoms. The number of aromatic nitrogens is 1. The first-order valence-corrected chi connectivity index (χ1v) is 6.18. The maximum atomic E-state index is 6.12. The van der Waals surface area contributed by atoms with Crippen molar-refractivity contribution in [1.29, 1.82) is 0 Å². The fourth-order valence-electron chi connectivity index (χ4n) is 1.47. The lowest BCUT2D eigenvalue weighted by Crippen LogP contribution is -2.00. The molecule has 0 bridgehead atoms. The number of rotatable bonds is 2. The first kappa shape index (κ1) is 12.2. The van der Waals surface area contributed by atoms with Crippen LogP contribution in [0.4, 0.5) is 17.2 Å². The number of nitrogens with zero attached hydrogens (tertiary/aromatic N) is 1. The van der Waals surface area contributed by atoms with E-state index in [0.717, 1.165) is 15.7 Å². The molecule has 0 aliphatic rings. The van der Waals surface area contributed by atoms with Gasteiger partial charge in [-0.3, -0.25) is 0 Å². The third kappa shape index (κ3) is 2.70. The van der Waals surface area contributed by atoms with E-state index in [1.54, 1.807) is 12.3 Å². The first-order chi connectivity index (χ1) is 8.08. The van der Waals surface area contributed by atoms with Crippen LogP contribution in [0.2, 0.25) is 5.02 Å². The molecule has 1 aromatic heterocycles. The van der Waals surface area contributed by atoms with Gasteiger partial charge in [-0.05, 0) is 40.5 Å². The number of aryl methyl sites for hydroxylation is 1. The van der Waals surface area contributed by atoms with Crippen LogP contribution < -0.4 is 11.1 Å². The normalized spacial score (nSPS) is 10.3. The second-order valence-electron chi connectivity index (χ2n) is 3.65. The lowest BCUT2D eigenvalue weighted by molar-refractivity contribution is 1.29. The molecule has 88 valence electrons. The van der Waals surface area contributed by atoms with E-state index in [2.05, 4.69) is 26.2 Å². The minimum atomic E-state index is 0.568. The van der Waals surface area contributed by atoms with Crippen molar-refractivity contribution in [2.45, 2.75) is 6.92 Å². The van der Waals surface area contributed by atoms with E-state index < -0.39 is 0 Å². The molecule has 0 aliphatic heterocycles. The fourth-order valence-corrected chi connectivity index (χ4v) is 2.09. The Labute approximate surface area is 113 Å². The lowest BCUT2D eigenvalue weighted by atomic mass is 10.2. The van der Waals surface area contributed by atoms with Crippen molar-refractivity contribution in [2.75, 3.05) is 11.1 Å². The number of anilines is 3. The first-order valence-electron chi connectivity index (χ1n) is 5.01. The summed E-state index contributed by atoms with van der Waals surface area (Å²) < 4.78 is 0.844. The number of pyridine rings is 1. The zero-order chi connectivity index (χ0) is 12.4. The van der Waals surface area contributed by atoms with Gasteiger partial charge in [0.25, 0.3) is 0 Å². The summed E-state index contributed by atoms with van der Waals surface area (Å²) in [5.41, 5.74) is 8.31. The van der Waals surface area contributed by atoms with Gasteiger partial charge in [-0.1, -0.05) is 23.7 Å². The Morgan fingerprint density at radius 1 is 1.41 bits per heavy atom. The van der Waals surface area contributed by atoms with Gasteiger partial charge in [0, 0.05) is 10.7 Å². The van der Waals surface area contributed by atoms with E-state index >= 15 is 0 Å². The Morgan fingerprint density at radius 3 is 2.82 bits per heavy atom. The predicted octanol–water partition coefficient (Wildman–Crippen LogP) is 4.13. The highest BCUT2D eigenvalue weighted by molar-refractivity contribution is 9.10. The second kappa shape index (κ2) is 4.94. The van der Waals surface area contributed by atoms with E-state index in [4.69, 9.17) is 17.3 Å². The molecular formula is C12H11BrClN3. The average molecular weight is 313 g/mol. The van der Waals surface area contributed by atoms with Crippen molar-refractivity contribution in [3.63, 3.8) is 0 Å². The van der Waals surface area contributed by atoms with Crippen molar-refractivity contribution >= 4 is 44.7 Å². The van der Waals surface area contributed by atoms with Crippen LogP contribution in [0, 0.1) is 6.92 Å². The molecule has 0 atom stereocenters. The van der Waals surface area contributed by atoms with Crippen molar-refractivity contribution in [1.82, 2.24) is 4.98 Å². The van der Waals surface area contributed by atoms with Gasteiger partial charge < -0.3 is 11.1 Å². The fraction of sp³-hybridized carbons (Fsp3) is 0.0833. The summed E-state index contributed by atoms with van der Waals surface area (Å²) in [5, 5.41) is 3.79. The number of benzene rings is 1. The topological polar surface area (TPSA) is 50.9 Å². The Morgan fingerprint density at radius 2 is 2.18 bits per heavy atom. The van der Waals surface area contributed by atoms with Crippen LogP contribution in [0.5, 0.6) is 0 Å². The quantitative estimate of drug-likeness (QED) is 0.876. The highest BCUT2D eigenvalue weighted by atomic mass is 79.9. The third-order valence-electron chi connectivity index (χ3n) is 2.35. The molecule has 1 aromatic carbocycles. The number of nitrogens with one attached hydrogen (secondary N) is 1. The summed E-state index contributed by atoms with van der Waals surface area (Å²) in [4.78, 5) is 4.21. The van der Waals surface area contributed by atoms with Crippen LogP contribution in [0.3, 0.4) is 0 Å². The van der Waals surface area contributed by atoms with Gasteiger partial charge in [0.1, 0.15) is 0 Å². The second-order valence-corrected chi connectivity index (χ2v) is 4.97. The Balaban J connectivity index is 2.38. The number of para-hydroxylation sites is 1. The van der Waals surface area contributed by atoms with Gasteiger partial charge in [-0.15, -0.1) is 0 Å². The molecule has 2 rings (SSSR count). The van der Waals surface area contributed by atoms with Gasteiger partial charge in [0.2, 0.25) is 0 Å². The zero-order valence-corrected chi connectivity index (χ0v) is 11.5. The smallest absolute Gasteiger partial charge is 0.153 e. The standard InChI is InChI=1S/C12H11BrClN3/c1-7-3-2-4-9(14)11(7)17-12-10(15)5-8(13)6-16-12/h2-6H,15H2,1H3,(H,16,17). The largest absolute Gasteiger partial charge is 0.396 e. The summed E-state index contributed by atoms with van der Waals surface area (Å²) in [7, 11) is 0. The van der Waals surface area contributed by atoms with Gasteiger partial charge in [-0.2, -0.15) is 0 Å². The van der Waals surface area contributed by atoms with Gasteiger partial charge >= 0.3 is 0 Å². The molecule has 5 heteroatoms. The third-order valence-corrected chi connectivity index (χ3v) is 3.10. The molecule has 0 fully saturated rings. The Kier molecular flexibility index (Phi) is 3.54. The van der Waals surface area contributed by atoms with E-state index in [9.17, 15) is 0 Å². The highest BCUT2D eigenvalue weighted by Crippen LogP contribution is 2.30. The molecule has 0 aliphatic carbocycles. The van der Waals surface area contributed by atoms with E-state index in [0.29, 0.717) is 16.5 Å². The Bertz CT molecular complexity index is 537. The van der Waals surface area contributed by atoms with E-state index in [-0.39, 0.29) is 0 Å². The average Bonchev–Trinajstić information content (AvgIpc) is 2.26. The molecule has 0 radical (unpaired) electrons. The monoisotopic (exact) mass is 311 g/mol. The summed E-state index contributed by atoms with van der Waals surface area (Å²) in [5.74, 6) is 0.601. The maximum Gasteiger partial charge on any atom is 0.153 e. The SMILES string of the molecule is Cc1cccc(Cl)c1Nc1ncc(Br)cc1N.